The molecule has 0 saturated heterocycles. The molecule has 8 nitrogen and oxygen atoms in total. The molecule has 0 fully saturated rings. The molecule has 9 heteroatoms. The number of non-ortho nitro benzene ring substituents is 1. The highest BCUT2D eigenvalue weighted by Crippen LogP contribution is 2.27. The van der Waals surface area contributed by atoms with E-state index in [0.717, 1.165) is 0 Å². The smallest absolute Gasteiger partial charge is 0.269 e. The van der Waals surface area contributed by atoms with Crippen LogP contribution in [0.2, 0.25) is 5.02 Å². The molecule has 28 heavy (non-hydrogen) atoms. The van der Waals surface area contributed by atoms with Crippen LogP contribution in [0.25, 0.3) is 6.08 Å². The Hall–Kier alpha value is -3.39. The lowest BCUT2D eigenvalue weighted by Gasteiger charge is -2.16. The molecule has 0 aliphatic heterocycles. The maximum atomic E-state index is 12.2. The fourth-order valence-corrected chi connectivity index (χ4v) is 2.43. The number of methoxy groups -OCH3 is 1. The van der Waals surface area contributed by atoms with Gasteiger partial charge in [-0.3, -0.25) is 19.7 Å². The van der Waals surface area contributed by atoms with Crippen molar-refractivity contribution in [1.29, 1.82) is 0 Å². The highest BCUT2D eigenvalue weighted by Gasteiger charge is 2.13. The highest BCUT2D eigenvalue weighted by molar-refractivity contribution is 6.31. The van der Waals surface area contributed by atoms with Crippen LogP contribution in [0.15, 0.2) is 48.5 Å². The van der Waals surface area contributed by atoms with Gasteiger partial charge in [0.15, 0.2) is 0 Å². The second kappa shape index (κ2) is 9.52. The number of hydrogen-bond donors (Lipinski definition) is 1. The summed E-state index contributed by atoms with van der Waals surface area (Å²) < 4.78 is 5.16. The van der Waals surface area contributed by atoms with Crippen molar-refractivity contribution in [3.63, 3.8) is 0 Å². The predicted octanol–water partition coefficient (Wildman–Crippen LogP) is 3.37. The molecule has 2 aromatic carbocycles. The number of nitrogens with zero attached hydrogens (tertiary/aromatic N) is 2. The van der Waals surface area contributed by atoms with Gasteiger partial charge in [0, 0.05) is 30.3 Å². The van der Waals surface area contributed by atoms with Gasteiger partial charge in [-0.1, -0.05) is 11.6 Å². The van der Waals surface area contributed by atoms with Gasteiger partial charge in [0.05, 0.1) is 24.3 Å². The lowest BCUT2D eigenvalue weighted by atomic mass is 10.2. The van der Waals surface area contributed by atoms with E-state index in [1.165, 1.54) is 55.5 Å². The number of benzene rings is 2. The van der Waals surface area contributed by atoms with Crippen LogP contribution in [0, 0.1) is 10.1 Å². The Balaban J connectivity index is 1.95. The zero-order valence-electron chi connectivity index (χ0n) is 15.2. The van der Waals surface area contributed by atoms with Crippen LogP contribution < -0.4 is 10.1 Å². The molecular formula is C19H18ClN3O5. The first-order valence-corrected chi connectivity index (χ1v) is 8.49. The lowest BCUT2D eigenvalue weighted by molar-refractivity contribution is -0.384. The molecule has 2 aromatic rings. The zero-order chi connectivity index (χ0) is 20.7. The summed E-state index contributed by atoms with van der Waals surface area (Å²) in [4.78, 5) is 35.7. The number of halogens is 1. The third-order valence-corrected chi connectivity index (χ3v) is 3.95. The molecule has 0 atom stereocenters. The number of nitrogens with one attached hydrogen (secondary N) is 1. The molecule has 0 bridgehead atoms. The predicted molar refractivity (Wildman–Crippen MR) is 106 cm³/mol. The van der Waals surface area contributed by atoms with E-state index in [0.29, 0.717) is 22.0 Å². The number of nitro benzene ring substituents is 1. The number of nitro groups is 1. The van der Waals surface area contributed by atoms with Crippen molar-refractivity contribution >= 4 is 40.9 Å². The molecule has 0 aromatic heterocycles. The van der Waals surface area contributed by atoms with Crippen molar-refractivity contribution in [1.82, 2.24) is 4.90 Å². The summed E-state index contributed by atoms with van der Waals surface area (Å²) in [5.74, 6) is -0.364. The third-order valence-electron chi connectivity index (χ3n) is 3.71. The molecule has 0 unspecified atom stereocenters. The summed E-state index contributed by atoms with van der Waals surface area (Å²) in [6.45, 7) is -0.181. The Morgan fingerprint density at radius 1 is 1.25 bits per heavy atom. The quantitative estimate of drug-likeness (QED) is 0.434. The van der Waals surface area contributed by atoms with E-state index in [-0.39, 0.29) is 12.2 Å². The van der Waals surface area contributed by atoms with Gasteiger partial charge in [0.2, 0.25) is 11.8 Å². The van der Waals surface area contributed by atoms with Crippen LogP contribution in [-0.4, -0.2) is 42.3 Å². The minimum atomic E-state index is -0.500. The number of ether oxygens (including phenoxy) is 1. The molecule has 2 amide bonds. The van der Waals surface area contributed by atoms with Gasteiger partial charge in [-0.05, 0) is 42.0 Å². The third kappa shape index (κ3) is 5.82. The first-order valence-electron chi connectivity index (χ1n) is 8.11. The van der Waals surface area contributed by atoms with Crippen LogP contribution in [0.3, 0.4) is 0 Å². The molecule has 0 aliphatic carbocycles. The average Bonchev–Trinajstić information content (AvgIpc) is 2.66. The van der Waals surface area contributed by atoms with Gasteiger partial charge in [-0.25, -0.2) is 0 Å². The second-order valence-electron chi connectivity index (χ2n) is 5.77. The van der Waals surface area contributed by atoms with E-state index in [1.807, 2.05) is 0 Å². The van der Waals surface area contributed by atoms with E-state index in [4.69, 9.17) is 16.3 Å². The Kier molecular flexibility index (Phi) is 7.11. The standard InChI is InChI=1S/C19H18ClN3O5/c1-22(12-18(24)21-16-11-14(20)6-9-17(16)28-2)19(25)10-5-13-3-7-15(8-4-13)23(26)27/h3-11H,12H2,1-2H3,(H,21,24)/b10-5+. The van der Waals surface area contributed by atoms with Gasteiger partial charge < -0.3 is 15.0 Å². The Morgan fingerprint density at radius 3 is 2.54 bits per heavy atom. The highest BCUT2D eigenvalue weighted by atomic mass is 35.5. The summed E-state index contributed by atoms with van der Waals surface area (Å²) in [7, 11) is 2.95. The normalized spacial score (nSPS) is 10.5. The van der Waals surface area contributed by atoms with Crippen LogP contribution in [0.5, 0.6) is 5.75 Å². The SMILES string of the molecule is COc1ccc(Cl)cc1NC(=O)CN(C)C(=O)/C=C/c1ccc([N+](=O)[O-])cc1. The minimum absolute atomic E-state index is 0.0336. The molecular weight excluding hydrogens is 386 g/mol. The fraction of sp³-hybridized carbons (Fsp3) is 0.158. The van der Waals surface area contributed by atoms with E-state index in [2.05, 4.69) is 5.32 Å². The van der Waals surface area contributed by atoms with Crippen LogP contribution in [-0.2, 0) is 9.59 Å². The number of amides is 2. The maximum Gasteiger partial charge on any atom is 0.269 e. The molecule has 0 radical (unpaired) electrons. The number of carbonyl (C=O) groups excluding carboxylic acids is 2. The summed E-state index contributed by atoms with van der Waals surface area (Å²) in [6.07, 6.45) is 2.80. The minimum Gasteiger partial charge on any atom is -0.495 e. The van der Waals surface area contributed by atoms with Gasteiger partial charge in [-0.2, -0.15) is 0 Å². The van der Waals surface area contributed by atoms with Crippen molar-refractivity contribution in [3.8, 4) is 5.75 Å². The van der Waals surface area contributed by atoms with Gasteiger partial charge in [0.1, 0.15) is 5.75 Å². The average molecular weight is 404 g/mol. The van der Waals surface area contributed by atoms with Crippen LogP contribution in [0.1, 0.15) is 5.56 Å². The van der Waals surface area contributed by atoms with E-state index in [9.17, 15) is 19.7 Å². The summed E-state index contributed by atoms with van der Waals surface area (Å²) in [5, 5.41) is 13.7. The van der Waals surface area contributed by atoms with Crippen molar-refractivity contribution < 1.29 is 19.2 Å². The van der Waals surface area contributed by atoms with Crippen LogP contribution in [0.4, 0.5) is 11.4 Å². The lowest BCUT2D eigenvalue weighted by Crippen LogP contribution is -2.33. The van der Waals surface area contributed by atoms with Crippen molar-refractivity contribution in [2.45, 2.75) is 0 Å². The second-order valence-corrected chi connectivity index (χ2v) is 6.21. The summed E-state index contributed by atoms with van der Waals surface area (Å²) in [6, 6.07) is 10.6. The first kappa shape index (κ1) is 20.9. The maximum absolute atomic E-state index is 12.2. The topological polar surface area (TPSA) is 102 Å². The molecule has 146 valence electrons. The van der Waals surface area contributed by atoms with Gasteiger partial charge in [-0.15, -0.1) is 0 Å². The van der Waals surface area contributed by atoms with Crippen molar-refractivity contribution in [3.05, 3.63) is 69.2 Å². The van der Waals surface area contributed by atoms with Crippen LogP contribution >= 0.6 is 11.6 Å². The first-order chi connectivity index (χ1) is 13.3. The Morgan fingerprint density at radius 2 is 1.93 bits per heavy atom. The van der Waals surface area contributed by atoms with Gasteiger partial charge in [0.25, 0.3) is 5.69 Å². The van der Waals surface area contributed by atoms with E-state index >= 15 is 0 Å². The Labute approximate surface area is 166 Å². The number of anilines is 1. The molecule has 0 aliphatic rings. The monoisotopic (exact) mass is 403 g/mol. The Bertz CT molecular complexity index is 912. The van der Waals surface area contributed by atoms with Crippen molar-refractivity contribution in [2.75, 3.05) is 26.0 Å². The van der Waals surface area contributed by atoms with Crippen molar-refractivity contribution in [2.24, 2.45) is 0 Å². The number of rotatable bonds is 7. The zero-order valence-corrected chi connectivity index (χ0v) is 16.0. The summed E-state index contributed by atoms with van der Waals surface area (Å²) in [5.41, 5.74) is 0.997. The summed E-state index contributed by atoms with van der Waals surface area (Å²) >= 11 is 5.92. The molecule has 2 rings (SSSR count). The molecule has 0 heterocycles. The fourth-order valence-electron chi connectivity index (χ4n) is 2.26. The number of hydrogen-bond acceptors (Lipinski definition) is 5. The largest absolute Gasteiger partial charge is 0.495 e. The van der Waals surface area contributed by atoms with E-state index in [1.54, 1.807) is 18.2 Å². The van der Waals surface area contributed by atoms with Gasteiger partial charge >= 0.3 is 0 Å². The molecule has 0 spiro atoms. The molecule has 0 saturated carbocycles. The number of likely N-dealkylation sites (N-methyl/N-ethyl adjacent to an activating group) is 1. The molecule has 1 N–H and O–H groups in total. The van der Waals surface area contributed by atoms with E-state index < -0.39 is 16.7 Å². The number of carbonyl (C=O) groups is 2.